The summed E-state index contributed by atoms with van der Waals surface area (Å²) in [6, 6.07) is 9.07. The molecule has 0 aliphatic carbocycles. The molecule has 112 valence electrons. The summed E-state index contributed by atoms with van der Waals surface area (Å²) in [6.45, 7) is 2.11. The number of hydrogen-bond donors (Lipinski definition) is 1. The van der Waals surface area contributed by atoms with E-state index in [1.807, 2.05) is 29.6 Å². The number of aryl methyl sites for hydroxylation is 1. The Morgan fingerprint density at radius 1 is 1.36 bits per heavy atom. The van der Waals surface area contributed by atoms with Crippen LogP contribution in [0.4, 0.5) is 0 Å². The summed E-state index contributed by atoms with van der Waals surface area (Å²) in [5.41, 5.74) is 2.52. The molecule has 0 saturated carbocycles. The summed E-state index contributed by atoms with van der Waals surface area (Å²) in [5.74, 6) is -0.101. The molecule has 1 aromatic carbocycles. The molecule has 1 amide bonds. The average Bonchev–Trinajstić information content (AvgIpc) is 3.15. The second kappa shape index (κ2) is 6.29. The lowest BCUT2D eigenvalue weighted by atomic mass is 10.2. The van der Waals surface area contributed by atoms with E-state index >= 15 is 0 Å². The maximum absolute atomic E-state index is 11.9. The topological polar surface area (TPSA) is 68.0 Å². The molecule has 0 unspecified atom stereocenters. The van der Waals surface area contributed by atoms with Gasteiger partial charge >= 0.3 is 0 Å². The van der Waals surface area contributed by atoms with Crippen molar-refractivity contribution in [3.63, 3.8) is 0 Å². The number of halogens is 1. The molecule has 0 aliphatic rings. The van der Waals surface area contributed by atoms with Crippen LogP contribution in [-0.4, -0.2) is 16.0 Å². The lowest BCUT2D eigenvalue weighted by molar-refractivity contribution is 0.0914. The van der Waals surface area contributed by atoms with Gasteiger partial charge in [0.15, 0.2) is 0 Å². The van der Waals surface area contributed by atoms with Gasteiger partial charge in [0.1, 0.15) is 5.01 Å². The molecule has 7 heteroatoms. The van der Waals surface area contributed by atoms with Gasteiger partial charge in [-0.15, -0.1) is 11.3 Å². The molecule has 0 spiro atoms. The van der Waals surface area contributed by atoms with E-state index in [9.17, 15) is 4.79 Å². The predicted molar refractivity (Wildman–Crippen MR) is 85.0 cm³/mol. The zero-order valence-electron chi connectivity index (χ0n) is 11.7. The van der Waals surface area contributed by atoms with E-state index in [0.717, 1.165) is 16.3 Å². The zero-order chi connectivity index (χ0) is 15.5. The van der Waals surface area contributed by atoms with Gasteiger partial charge in [-0.05, 0) is 19.1 Å². The molecular formula is C15H12ClN3O2S. The Hall–Kier alpha value is -2.18. The van der Waals surface area contributed by atoms with E-state index in [-0.39, 0.29) is 11.7 Å². The van der Waals surface area contributed by atoms with Crippen molar-refractivity contribution in [1.29, 1.82) is 0 Å². The highest BCUT2D eigenvalue weighted by molar-refractivity contribution is 7.09. The predicted octanol–water partition coefficient (Wildman–Crippen LogP) is 3.69. The van der Waals surface area contributed by atoms with Gasteiger partial charge in [-0.25, -0.2) is 4.98 Å². The first kappa shape index (κ1) is 14.7. The highest BCUT2D eigenvalue weighted by Crippen LogP contribution is 2.23. The first-order chi connectivity index (χ1) is 10.6. The van der Waals surface area contributed by atoms with Gasteiger partial charge in [0.05, 0.1) is 17.9 Å². The zero-order valence-corrected chi connectivity index (χ0v) is 13.2. The quantitative estimate of drug-likeness (QED) is 0.790. The number of nitrogens with zero attached hydrogens (tertiary/aromatic N) is 2. The monoisotopic (exact) mass is 333 g/mol. The normalized spacial score (nSPS) is 10.6. The highest BCUT2D eigenvalue weighted by atomic mass is 35.5. The minimum Gasteiger partial charge on any atom is -0.351 e. The van der Waals surface area contributed by atoms with Crippen LogP contribution >= 0.6 is 22.9 Å². The molecule has 3 rings (SSSR count). The van der Waals surface area contributed by atoms with Gasteiger partial charge in [-0.1, -0.05) is 28.9 Å². The molecule has 0 saturated heterocycles. The Morgan fingerprint density at radius 3 is 2.82 bits per heavy atom. The van der Waals surface area contributed by atoms with Crippen molar-refractivity contribution in [1.82, 2.24) is 15.5 Å². The third-order valence-electron chi connectivity index (χ3n) is 2.94. The first-order valence-corrected chi connectivity index (χ1v) is 7.79. The Balaban J connectivity index is 1.64. The van der Waals surface area contributed by atoms with E-state index in [1.165, 1.54) is 11.3 Å². The van der Waals surface area contributed by atoms with Crippen molar-refractivity contribution in [3.05, 3.63) is 57.2 Å². The van der Waals surface area contributed by atoms with E-state index in [1.54, 1.807) is 13.0 Å². The molecule has 0 atom stereocenters. The molecule has 22 heavy (non-hydrogen) atoms. The van der Waals surface area contributed by atoms with Gasteiger partial charge in [-0.2, -0.15) is 0 Å². The highest BCUT2D eigenvalue weighted by Gasteiger charge is 2.12. The lowest BCUT2D eigenvalue weighted by Gasteiger charge is -1.99. The molecule has 5 nitrogen and oxygen atoms in total. The molecule has 0 aliphatic heterocycles. The van der Waals surface area contributed by atoms with Crippen molar-refractivity contribution in [2.45, 2.75) is 13.5 Å². The summed E-state index contributed by atoms with van der Waals surface area (Å²) in [6.07, 6.45) is 0. The fourth-order valence-corrected chi connectivity index (χ4v) is 2.73. The first-order valence-electron chi connectivity index (χ1n) is 6.53. The smallest absolute Gasteiger partial charge is 0.290 e. The molecule has 1 N–H and O–H groups in total. The van der Waals surface area contributed by atoms with Crippen LogP contribution in [0.25, 0.3) is 11.3 Å². The van der Waals surface area contributed by atoms with Crippen LogP contribution in [0.3, 0.4) is 0 Å². The van der Waals surface area contributed by atoms with Crippen molar-refractivity contribution < 1.29 is 9.32 Å². The van der Waals surface area contributed by atoms with Crippen molar-refractivity contribution in [3.8, 4) is 11.3 Å². The number of carbonyl (C=O) groups is 1. The third kappa shape index (κ3) is 3.35. The van der Waals surface area contributed by atoms with Crippen LogP contribution in [0.15, 0.2) is 40.2 Å². The molecule has 2 heterocycles. The van der Waals surface area contributed by atoms with E-state index in [4.69, 9.17) is 16.1 Å². The SMILES string of the molecule is Cc1cc(C(=O)NCc2nc(-c3ccc(Cl)cc3)cs2)on1. The summed E-state index contributed by atoms with van der Waals surface area (Å²) >= 11 is 7.36. The van der Waals surface area contributed by atoms with Crippen LogP contribution in [0.1, 0.15) is 21.3 Å². The summed E-state index contributed by atoms with van der Waals surface area (Å²) in [4.78, 5) is 16.4. The second-order valence-electron chi connectivity index (χ2n) is 4.65. The summed E-state index contributed by atoms with van der Waals surface area (Å²) < 4.78 is 4.91. The molecule has 3 aromatic rings. The van der Waals surface area contributed by atoms with E-state index in [0.29, 0.717) is 17.3 Å². The number of carbonyl (C=O) groups excluding carboxylic acids is 1. The fraction of sp³-hybridized carbons (Fsp3) is 0.133. The van der Waals surface area contributed by atoms with E-state index < -0.39 is 0 Å². The maximum atomic E-state index is 11.9. The molecule has 0 fully saturated rings. The van der Waals surface area contributed by atoms with Crippen LogP contribution in [-0.2, 0) is 6.54 Å². The molecule has 0 bridgehead atoms. The van der Waals surface area contributed by atoms with Crippen molar-refractivity contribution >= 4 is 28.8 Å². The number of hydrogen-bond acceptors (Lipinski definition) is 5. The number of nitrogens with one attached hydrogen (secondary N) is 1. The van der Waals surface area contributed by atoms with Crippen LogP contribution < -0.4 is 5.32 Å². The largest absolute Gasteiger partial charge is 0.351 e. The average molecular weight is 334 g/mol. The second-order valence-corrected chi connectivity index (χ2v) is 6.03. The molecule has 2 aromatic heterocycles. The lowest BCUT2D eigenvalue weighted by Crippen LogP contribution is -2.22. The Labute approximate surface area is 135 Å². The molecular weight excluding hydrogens is 322 g/mol. The summed E-state index contributed by atoms with van der Waals surface area (Å²) in [5, 5.41) is 9.89. The number of amides is 1. The minimum absolute atomic E-state index is 0.201. The van der Waals surface area contributed by atoms with E-state index in [2.05, 4.69) is 15.5 Å². The minimum atomic E-state index is -0.302. The van der Waals surface area contributed by atoms with Crippen LogP contribution in [0.5, 0.6) is 0 Å². The Morgan fingerprint density at radius 2 is 2.14 bits per heavy atom. The van der Waals surface area contributed by atoms with Crippen molar-refractivity contribution in [2.24, 2.45) is 0 Å². The van der Waals surface area contributed by atoms with Crippen LogP contribution in [0, 0.1) is 6.92 Å². The Kier molecular flexibility index (Phi) is 4.22. The summed E-state index contributed by atoms with van der Waals surface area (Å²) in [7, 11) is 0. The number of benzene rings is 1. The molecule has 0 radical (unpaired) electrons. The Bertz CT molecular complexity index is 795. The van der Waals surface area contributed by atoms with Gasteiger partial charge in [0, 0.05) is 22.0 Å². The third-order valence-corrected chi connectivity index (χ3v) is 4.04. The fourth-order valence-electron chi connectivity index (χ4n) is 1.86. The van der Waals surface area contributed by atoms with Crippen LogP contribution in [0.2, 0.25) is 5.02 Å². The van der Waals surface area contributed by atoms with Gasteiger partial charge in [0.25, 0.3) is 5.91 Å². The maximum Gasteiger partial charge on any atom is 0.290 e. The number of thiazole rings is 1. The standard InChI is InChI=1S/C15H12ClN3O2S/c1-9-6-13(21-19-9)15(20)17-7-14-18-12(8-22-14)10-2-4-11(16)5-3-10/h2-6,8H,7H2,1H3,(H,17,20). The van der Waals surface area contributed by atoms with Gasteiger partial charge < -0.3 is 9.84 Å². The van der Waals surface area contributed by atoms with Crippen molar-refractivity contribution in [2.75, 3.05) is 0 Å². The van der Waals surface area contributed by atoms with Gasteiger partial charge in [0.2, 0.25) is 5.76 Å². The van der Waals surface area contributed by atoms with Gasteiger partial charge in [-0.3, -0.25) is 4.79 Å². The number of aromatic nitrogens is 2. The number of rotatable bonds is 4.